The van der Waals surface area contributed by atoms with Gasteiger partial charge in [-0.25, -0.2) is 0 Å². The van der Waals surface area contributed by atoms with Crippen LogP contribution >= 0.6 is 0 Å². The lowest BCUT2D eigenvalue weighted by molar-refractivity contribution is -0.416. The summed E-state index contributed by atoms with van der Waals surface area (Å²) in [4.78, 5) is 0. The Labute approximate surface area is 155 Å². The molecule has 1 spiro atoms. The molecule has 166 valence electrons. The van der Waals surface area contributed by atoms with Crippen LogP contribution in [0.4, 0.5) is 39.5 Å². The average molecular weight is 432 g/mol. The first kappa shape index (κ1) is 23.5. The monoisotopic (exact) mass is 432 g/mol. The molecular weight excluding hydrogens is 411 g/mol. The Balaban J connectivity index is 2.45. The first-order chi connectivity index (χ1) is 12.6. The van der Waals surface area contributed by atoms with Crippen LogP contribution in [0, 0.1) is 5.92 Å². The lowest BCUT2D eigenvalue weighted by Crippen LogP contribution is -2.68. The number of aliphatic hydroxyl groups excluding tert-OH is 1. The number of halogens is 9. The summed E-state index contributed by atoms with van der Waals surface area (Å²) < 4.78 is 131. The third-order valence-corrected chi connectivity index (χ3v) is 5.38. The van der Waals surface area contributed by atoms with Gasteiger partial charge in [0, 0.05) is 6.61 Å². The van der Waals surface area contributed by atoms with Crippen molar-refractivity contribution in [1.82, 2.24) is 0 Å². The Morgan fingerprint density at radius 3 is 1.93 bits per heavy atom. The van der Waals surface area contributed by atoms with Gasteiger partial charge in [0.2, 0.25) is 0 Å². The van der Waals surface area contributed by atoms with Crippen molar-refractivity contribution in [3.8, 4) is 0 Å². The van der Waals surface area contributed by atoms with Crippen LogP contribution in [0.15, 0.2) is 0 Å². The van der Waals surface area contributed by atoms with Gasteiger partial charge < -0.3 is 14.6 Å². The number of hydrogen-bond acceptors (Lipinski definition) is 3. The minimum atomic E-state index is -7.00. The summed E-state index contributed by atoms with van der Waals surface area (Å²) in [6.45, 7) is 1.20. The standard InChI is InChI=1S/C16H21F9O3/c1-2-27-11-10(26)9(8-12(28-11)6-4-3-5-7-12)13(17,18)14(19,20)15(21,22)16(23,24)25/h9-11,26H,2-8H2,1H3/t9-,10+,11-/m1/s1. The van der Waals surface area contributed by atoms with E-state index < -0.39 is 54.3 Å². The molecule has 1 heterocycles. The van der Waals surface area contributed by atoms with E-state index in [4.69, 9.17) is 9.47 Å². The Morgan fingerprint density at radius 1 is 0.929 bits per heavy atom. The molecule has 0 amide bonds. The van der Waals surface area contributed by atoms with Crippen LogP contribution in [-0.4, -0.2) is 53.7 Å². The van der Waals surface area contributed by atoms with Crippen LogP contribution in [-0.2, 0) is 9.47 Å². The lowest BCUT2D eigenvalue weighted by Gasteiger charge is -2.51. The zero-order valence-corrected chi connectivity index (χ0v) is 14.8. The van der Waals surface area contributed by atoms with E-state index in [0.717, 1.165) is 0 Å². The second-order valence-electron chi connectivity index (χ2n) is 7.26. The van der Waals surface area contributed by atoms with Crippen molar-refractivity contribution in [2.45, 2.75) is 87.4 Å². The first-order valence-electron chi connectivity index (χ1n) is 8.80. The molecule has 0 bridgehead atoms. The van der Waals surface area contributed by atoms with Crippen molar-refractivity contribution >= 4 is 0 Å². The highest BCUT2D eigenvalue weighted by Gasteiger charge is 2.83. The van der Waals surface area contributed by atoms with E-state index in [2.05, 4.69) is 0 Å². The van der Waals surface area contributed by atoms with Crippen molar-refractivity contribution in [3.63, 3.8) is 0 Å². The molecule has 1 aliphatic carbocycles. The molecule has 0 aromatic rings. The van der Waals surface area contributed by atoms with Gasteiger partial charge in [-0.05, 0) is 26.2 Å². The molecule has 0 aromatic heterocycles. The molecule has 3 nitrogen and oxygen atoms in total. The van der Waals surface area contributed by atoms with Crippen LogP contribution in [0.5, 0.6) is 0 Å². The molecule has 2 fully saturated rings. The maximum absolute atomic E-state index is 14.5. The maximum Gasteiger partial charge on any atom is 0.460 e. The molecule has 3 atom stereocenters. The summed E-state index contributed by atoms with van der Waals surface area (Å²) in [5.74, 6) is -22.6. The minimum absolute atomic E-state index is 0.108. The summed E-state index contributed by atoms with van der Waals surface area (Å²) in [7, 11) is 0. The molecule has 1 aliphatic heterocycles. The van der Waals surface area contributed by atoms with Gasteiger partial charge in [-0.15, -0.1) is 0 Å². The SMILES string of the molecule is CCO[C@@H]1OC2(CCCCC2)C[C@@H](C(F)(F)C(F)(F)C(F)(F)C(F)(F)F)[C@@H]1O. The van der Waals surface area contributed by atoms with Crippen molar-refractivity contribution < 1.29 is 54.1 Å². The summed E-state index contributed by atoms with van der Waals surface area (Å²) in [6, 6.07) is 0. The molecule has 12 heteroatoms. The molecule has 0 unspecified atom stereocenters. The first-order valence-corrected chi connectivity index (χ1v) is 8.80. The van der Waals surface area contributed by atoms with Crippen LogP contribution in [0.1, 0.15) is 45.4 Å². The highest BCUT2D eigenvalue weighted by atomic mass is 19.4. The van der Waals surface area contributed by atoms with E-state index in [1.165, 1.54) is 6.92 Å². The molecule has 1 saturated carbocycles. The van der Waals surface area contributed by atoms with Gasteiger partial charge in [0.1, 0.15) is 6.10 Å². The van der Waals surface area contributed by atoms with Gasteiger partial charge in [0.05, 0.1) is 11.5 Å². The second kappa shape index (κ2) is 7.50. The molecule has 1 N–H and O–H groups in total. The van der Waals surface area contributed by atoms with Gasteiger partial charge in [0.25, 0.3) is 0 Å². The van der Waals surface area contributed by atoms with Gasteiger partial charge >= 0.3 is 23.9 Å². The summed E-state index contributed by atoms with van der Waals surface area (Å²) in [5, 5.41) is 10.1. The van der Waals surface area contributed by atoms with E-state index in [1.54, 1.807) is 0 Å². The van der Waals surface area contributed by atoms with Crippen molar-refractivity contribution in [1.29, 1.82) is 0 Å². The van der Waals surface area contributed by atoms with Gasteiger partial charge in [0.15, 0.2) is 6.29 Å². The van der Waals surface area contributed by atoms with Crippen LogP contribution in [0.2, 0.25) is 0 Å². The Bertz CT molecular complexity index is 544. The Hall–Kier alpha value is -0.750. The second-order valence-corrected chi connectivity index (χ2v) is 7.26. The van der Waals surface area contributed by atoms with E-state index >= 15 is 0 Å². The number of hydrogen-bond donors (Lipinski definition) is 1. The topological polar surface area (TPSA) is 38.7 Å². The fourth-order valence-corrected chi connectivity index (χ4v) is 3.85. The lowest BCUT2D eigenvalue weighted by atomic mass is 9.71. The normalized spacial score (nSPS) is 29.9. The smallest absolute Gasteiger partial charge is 0.387 e. The Kier molecular flexibility index (Phi) is 6.30. The molecule has 28 heavy (non-hydrogen) atoms. The fourth-order valence-electron chi connectivity index (χ4n) is 3.85. The van der Waals surface area contributed by atoms with E-state index in [0.29, 0.717) is 19.3 Å². The molecule has 0 aromatic carbocycles. The van der Waals surface area contributed by atoms with E-state index in [1.807, 2.05) is 0 Å². The predicted molar refractivity (Wildman–Crippen MR) is 77.3 cm³/mol. The van der Waals surface area contributed by atoms with E-state index in [-0.39, 0.29) is 19.4 Å². The Morgan fingerprint density at radius 2 is 1.46 bits per heavy atom. The fraction of sp³-hybridized carbons (Fsp3) is 1.00. The quantitative estimate of drug-likeness (QED) is 0.627. The third kappa shape index (κ3) is 3.71. The zero-order chi connectivity index (χ0) is 21.6. The van der Waals surface area contributed by atoms with E-state index in [9.17, 15) is 44.6 Å². The highest BCUT2D eigenvalue weighted by molar-refractivity contribution is 5.08. The number of aliphatic hydroxyl groups is 1. The molecule has 0 radical (unpaired) electrons. The molecular formula is C16H21F9O3. The van der Waals surface area contributed by atoms with Gasteiger partial charge in [-0.2, -0.15) is 39.5 Å². The van der Waals surface area contributed by atoms with Crippen LogP contribution < -0.4 is 0 Å². The summed E-state index contributed by atoms with van der Waals surface area (Å²) in [5.41, 5.74) is -1.46. The van der Waals surface area contributed by atoms with Crippen molar-refractivity contribution in [3.05, 3.63) is 0 Å². The van der Waals surface area contributed by atoms with Crippen LogP contribution in [0.25, 0.3) is 0 Å². The number of ether oxygens (including phenoxy) is 2. The third-order valence-electron chi connectivity index (χ3n) is 5.38. The summed E-state index contributed by atoms with van der Waals surface area (Å²) >= 11 is 0. The summed E-state index contributed by atoms with van der Waals surface area (Å²) in [6.07, 6.45) is -10.4. The van der Waals surface area contributed by atoms with Crippen molar-refractivity contribution in [2.75, 3.05) is 6.61 Å². The number of alkyl halides is 9. The minimum Gasteiger partial charge on any atom is -0.387 e. The average Bonchev–Trinajstić information content (AvgIpc) is 2.57. The maximum atomic E-state index is 14.5. The molecule has 2 rings (SSSR count). The largest absolute Gasteiger partial charge is 0.460 e. The predicted octanol–water partition coefficient (Wildman–Crippen LogP) is 4.92. The van der Waals surface area contributed by atoms with Gasteiger partial charge in [-0.3, -0.25) is 0 Å². The zero-order valence-electron chi connectivity index (χ0n) is 14.8. The molecule has 2 aliphatic rings. The van der Waals surface area contributed by atoms with Gasteiger partial charge in [-0.1, -0.05) is 19.3 Å². The highest BCUT2D eigenvalue weighted by Crippen LogP contribution is 2.58. The van der Waals surface area contributed by atoms with Crippen molar-refractivity contribution in [2.24, 2.45) is 5.92 Å². The number of rotatable bonds is 5. The molecule has 1 saturated heterocycles. The van der Waals surface area contributed by atoms with Crippen LogP contribution in [0.3, 0.4) is 0 Å².